The lowest BCUT2D eigenvalue weighted by atomic mass is 9.97. The van der Waals surface area contributed by atoms with Gasteiger partial charge in [0, 0.05) is 0 Å². The normalized spacial score (nSPS) is 21.9. The smallest absolute Gasteiger partial charge is 0.0907 e. The summed E-state index contributed by atoms with van der Waals surface area (Å²) in [6, 6.07) is 10.8. The molecule has 96 valence electrons. The highest BCUT2D eigenvalue weighted by atomic mass is 14.8. The lowest BCUT2D eigenvalue weighted by Crippen LogP contribution is -2.05. The van der Waals surface area contributed by atoms with Gasteiger partial charge in [0.05, 0.1) is 11.8 Å². The zero-order chi connectivity index (χ0) is 13.1. The van der Waals surface area contributed by atoms with Crippen LogP contribution >= 0.6 is 0 Å². The lowest BCUT2D eigenvalue weighted by Gasteiger charge is -2.12. The first-order chi connectivity index (χ1) is 9.38. The molecule has 0 amide bonds. The van der Waals surface area contributed by atoms with Gasteiger partial charge in [-0.1, -0.05) is 61.6 Å². The van der Waals surface area contributed by atoms with Crippen LogP contribution in [0.25, 0.3) is 0 Å². The molecule has 0 N–H and O–H groups in total. The average Bonchev–Trinajstić information content (AvgIpc) is 2.93. The zero-order valence-corrected chi connectivity index (χ0v) is 11.3. The Labute approximate surface area is 115 Å². The van der Waals surface area contributed by atoms with E-state index in [1.807, 2.05) is 0 Å². The SMILES string of the molecule is CCC1=CC(C2=CC=CCC2)N=C1c1ccccc1. The number of hydrogen-bond donors (Lipinski definition) is 0. The second-order valence-corrected chi connectivity index (χ2v) is 5.04. The molecule has 3 rings (SSSR count). The molecule has 1 aliphatic carbocycles. The first kappa shape index (κ1) is 12.2. The van der Waals surface area contributed by atoms with E-state index >= 15 is 0 Å². The van der Waals surface area contributed by atoms with Crippen molar-refractivity contribution in [1.82, 2.24) is 0 Å². The van der Waals surface area contributed by atoms with Gasteiger partial charge in [-0.3, -0.25) is 4.99 Å². The van der Waals surface area contributed by atoms with E-state index in [1.54, 1.807) is 0 Å². The Kier molecular flexibility index (Phi) is 3.45. The Morgan fingerprint density at radius 2 is 2.05 bits per heavy atom. The van der Waals surface area contributed by atoms with Crippen LogP contribution in [0.4, 0.5) is 0 Å². The summed E-state index contributed by atoms with van der Waals surface area (Å²) < 4.78 is 0. The van der Waals surface area contributed by atoms with Crippen LogP contribution < -0.4 is 0 Å². The topological polar surface area (TPSA) is 12.4 Å². The van der Waals surface area contributed by atoms with Crippen molar-refractivity contribution in [3.63, 3.8) is 0 Å². The Bertz CT molecular complexity index is 573. The number of rotatable bonds is 3. The summed E-state index contributed by atoms with van der Waals surface area (Å²) in [4.78, 5) is 4.96. The molecule has 1 aromatic carbocycles. The fraction of sp³-hybridized carbons (Fsp3) is 0.278. The summed E-state index contributed by atoms with van der Waals surface area (Å²) in [7, 11) is 0. The summed E-state index contributed by atoms with van der Waals surface area (Å²) in [6.45, 7) is 2.21. The van der Waals surface area contributed by atoms with Crippen LogP contribution in [-0.4, -0.2) is 11.8 Å². The van der Waals surface area contributed by atoms with Gasteiger partial charge in [0.2, 0.25) is 0 Å². The van der Waals surface area contributed by atoms with Gasteiger partial charge in [-0.05, 0) is 36.0 Å². The minimum atomic E-state index is 0.259. The second-order valence-electron chi connectivity index (χ2n) is 5.04. The first-order valence-corrected chi connectivity index (χ1v) is 7.08. The molecule has 1 aromatic rings. The summed E-state index contributed by atoms with van der Waals surface area (Å²) >= 11 is 0. The Balaban J connectivity index is 1.94. The van der Waals surface area contributed by atoms with Crippen LogP contribution in [0.1, 0.15) is 31.7 Å². The summed E-state index contributed by atoms with van der Waals surface area (Å²) in [5, 5.41) is 0. The van der Waals surface area contributed by atoms with Gasteiger partial charge in [0.25, 0.3) is 0 Å². The minimum absolute atomic E-state index is 0.259. The molecule has 0 saturated heterocycles. The third-order valence-corrected chi connectivity index (χ3v) is 3.79. The van der Waals surface area contributed by atoms with E-state index in [4.69, 9.17) is 4.99 Å². The molecule has 0 fully saturated rings. The van der Waals surface area contributed by atoms with Gasteiger partial charge < -0.3 is 0 Å². The quantitative estimate of drug-likeness (QED) is 0.749. The third-order valence-electron chi connectivity index (χ3n) is 3.79. The van der Waals surface area contributed by atoms with Crippen LogP contribution in [0.2, 0.25) is 0 Å². The minimum Gasteiger partial charge on any atom is -0.273 e. The van der Waals surface area contributed by atoms with Crippen LogP contribution in [0.3, 0.4) is 0 Å². The number of allylic oxidation sites excluding steroid dienone is 4. The molecule has 1 atom stereocenters. The summed E-state index contributed by atoms with van der Waals surface area (Å²) in [5.41, 5.74) is 5.25. The standard InChI is InChI=1S/C18H19N/c1-2-14-13-17(15-9-5-3-6-10-15)19-18(14)16-11-7-4-8-12-16/h3-5,7-9,11-13,17H,2,6,10H2,1H3. The van der Waals surface area contributed by atoms with Crippen molar-refractivity contribution in [3.05, 3.63) is 71.3 Å². The fourth-order valence-electron chi connectivity index (χ4n) is 2.73. The predicted molar refractivity (Wildman–Crippen MR) is 81.6 cm³/mol. The fourth-order valence-corrected chi connectivity index (χ4v) is 2.73. The Hall–Kier alpha value is -1.89. The van der Waals surface area contributed by atoms with E-state index in [2.05, 4.69) is 61.6 Å². The molecule has 2 aliphatic rings. The molecule has 1 unspecified atom stereocenters. The maximum Gasteiger partial charge on any atom is 0.0907 e. The zero-order valence-electron chi connectivity index (χ0n) is 11.3. The van der Waals surface area contributed by atoms with E-state index in [9.17, 15) is 0 Å². The lowest BCUT2D eigenvalue weighted by molar-refractivity contribution is 0.842. The monoisotopic (exact) mass is 249 g/mol. The largest absolute Gasteiger partial charge is 0.273 e. The molecule has 1 heterocycles. The number of benzene rings is 1. The molecule has 0 saturated carbocycles. The van der Waals surface area contributed by atoms with Gasteiger partial charge in [-0.25, -0.2) is 0 Å². The average molecular weight is 249 g/mol. The van der Waals surface area contributed by atoms with Crippen molar-refractivity contribution in [2.75, 3.05) is 0 Å². The maximum atomic E-state index is 4.96. The van der Waals surface area contributed by atoms with E-state index in [0.717, 1.165) is 19.3 Å². The van der Waals surface area contributed by atoms with Crippen molar-refractivity contribution >= 4 is 5.71 Å². The number of nitrogens with zero attached hydrogens (tertiary/aromatic N) is 1. The van der Waals surface area contributed by atoms with Crippen LogP contribution in [0, 0.1) is 0 Å². The molecule has 0 aromatic heterocycles. The highest BCUT2D eigenvalue weighted by Gasteiger charge is 2.22. The van der Waals surface area contributed by atoms with Crippen LogP contribution in [0.15, 0.2) is 70.8 Å². The summed E-state index contributed by atoms with van der Waals surface area (Å²) in [5.74, 6) is 0. The molecule has 1 aliphatic heterocycles. The van der Waals surface area contributed by atoms with E-state index in [1.165, 1.54) is 22.4 Å². The third kappa shape index (κ3) is 2.46. The summed E-state index contributed by atoms with van der Waals surface area (Å²) in [6.07, 6.45) is 12.3. The molecule has 0 spiro atoms. The van der Waals surface area contributed by atoms with E-state index < -0.39 is 0 Å². The molecule has 1 heteroatoms. The number of hydrogen-bond acceptors (Lipinski definition) is 1. The Morgan fingerprint density at radius 1 is 1.21 bits per heavy atom. The highest BCUT2D eigenvalue weighted by molar-refractivity contribution is 6.14. The van der Waals surface area contributed by atoms with Crippen molar-refractivity contribution in [2.45, 2.75) is 32.2 Å². The maximum absolute atomic E-state index is 4.96. The Morgan fingerprint density at radius 3 is 2.74 bits per heavy atom. The molecule has 1 nitrogen and oxygen atoms in total. The first-order valence-electron chi connectivity index (χ1n) is 7.08. The van der Waals surface area contributed by atoms with Crippen molar-refractivity contribution < 1.29 is 0 Å². The van der Waals surface area contributed by atoms with E-state index in [0.29, 0.717) is 0 Å². The van der Waals surface area contributed by atoms with Gasteiger partial charge in [0.1, 0.15) is 0 Å². The highest BCUT2D eigenvalue weighted by Crippen LogP contribution is 2.28. The number of aliphatic imine (C=N–C) groups is 1. The molecule has 0 radical (unpaired) electrons. The van der Waals surface area contributed by atoms with E-state index in [-0.39, 0.29) is 6.04 Å². The van der Waals surface area contributed by atoms with Crippen molar-refractivity contribution in [1.29, 1.82) is 0 Å². The van der Waals surface area contributed by atoms with Crippen molar-refractivity contribution in [3.8, 4) is 0 Å². The predicted octanol–water partition coefficient (Wildman–Crippen LogP) is 4.47. The van der Waals surface area contributed by atoms with Gasteiger partial charge in [0.15, 0.2) is 0 Å². The molecular weight excluding hydrogens is 230 g/mol. The van der Waals surface area contributed by atoms with Crippen molar-refractivity contribution in [2.24, 2.45) is 4.99 Å². The second kappa shape index (κ2) is 5.40. The van der Waals surface area contributed by atoms with Gasteiger partial charge in [-0.2, -0.15) is 0 Å². The van der Waals surface area contributed by atoms with Gasteiger partial charge in [-0.15, -0.1) is 0 Å². The van der Waals surface area contributed by atoms with Crippen LogP contribution in [0.5, 0.6) is 0 Å². The van der Waals surface area contributed by atoms with Crippen LogP contribution in [-0.2, 0) is 0 Å². The molecule has 0 bridgehead atoms. The van der Waals surface area contributed by atoms with Gasteiger partial charge >= 0.3 is 0 Å². The molecular formula is C18H19N. The molecule has 19 heavy (non-hydrogen) atoms.